The summed E-state index contributed by atoms with van der Waals surface area (Å²) in [5, 5.41) is 0.225. The third-order valence-electron chi connectivity index (χ3n) is 3.65. The van der Waals surface area contributed by atoms with Gasteiger partial charge in [-0.15, -0.1) is 0 Å². The van der Waals surface area contributed by atoms with E-state index in [4.69, 9.17) is 11.6 Å². The van der Waals surface area contributed by atoms with E-state index in [2.05, 4.69) is 4.98 Å². The van der Waals surface area contributed by atoms with E-state index in [1.165, 1.54) is 40.9 Å². The highest BCUT2D eigenvalue weighted by Crippen LogP contribution is 2.20. The third-order valence-corrected chi connectivity index (χ3v) is 4.00. The summed E-state index contributed by atoms with van der Waals surface area (Å²) in [5.74, 6) is -1.06. The zero-order valence-corrected chi connectivity index (χ0v) is 13.5. The van der Waals surface area contributed by atoms with Gasteiger partial charge < -0.3 is 4.90 Å². The van der Waals surface area contributed by atoms with Gasteiger partial charge in [-0.3, -0.25) is 14.0 Å². The average molecular weight is 346 g/mol. The molecule has 1 aromatic carbocycles. The number of halogens is 2. The van der Waals surface area contributed by atoms with Crippen LogP contribution in [0, 0.1) is 5.82 Å². The number of fused-ring (bicyclic) bond motifs is 1. The molecule has 0 aliphatic rings. The summed E-state index contributed by atoms with van der Waals surface area (Å²) in [7, 11) is 1.48. The topological polar surface area (TPSA) is 54.7 Å². The summed E-state index contributed by atoms with van der Waals surface area (Å²) in [6, 6.07) is 9.39. The molecule has 0 aliphatic heterocycles. The lowest BCUT2D eigenvalue weighted by Crippen LogP contribution is -2.33. The first-order valence-electron chi connectivity index (χ1n) is 7.14. The minimum Gasteiger partial charge on any atom is -0.337 e. The maximum atomic E-state index is 13.9. The molecule has 0 unspecified atom stereocenters. The number of carbonyl (C=O) groups excluding carboxylic acids is 1. The number of rotatable bonds is 3. The van der Waals surface area contributed by atoms with Crippen LogP contribution in [0.25, 0.3) is 5.65 Å². The monoisotopic (exact) mass is 345 g/mol. The van der Waals surface area contributed by atoms with Crippen molar-refractivity contribution in [1.29, 1.82) is 0 Å². The molecule has 24 heavy (non-hydrogen) atoms. The smallest absolute Gasteiger partial charge is 0.270 e. The van der Waals surface area contributed by atoms with Gasteiger partial charge in [0.15, 0.2) is 0 Å². The molecule has 0 aliphatic carbocycles. The summed E-state index contributed by atoms with van der Waals surface area (Å²) in [6.45, 7) is -0.0543. The molecule has 0 radical (unpaired) electrons. The summed E-state index contributed by atoms with van der Waals surface area (Å²) in [5.41, 5.74) is 0.0773. The number of carbonyl (C=O) groups is 1. The van der Waals surface area contributed by atoms with Crippen molar-refractivity contribution >= 4 is 23.2 Å². The van der Waals surface area contributed by atoms with E-state index in [9.17, 15) is 14.0 Å². The first-order valence-corrected chi connectivity index (χ1v) is 7.51. The maximum absolute atomic E-state index is 13.9. The van der Waals surface area contributed by atoms with Crippen LogP contribution in [0.4, 0.5) is 4.39 Å². The van der Waals surface area contributed by atoms with Crippen molar-refractivity contribution in [2.24, 2.45) is 0 Å². The van der Waals surface area contributed by atoms with E-state index in [1.54, 1.807) is 24.3 Å². The molecule has 2 heterocycles. The molecule has 0 spiro atoms. The number of pyridine rings is 1. The van der Waals surface area contributed by atoms with Crippen molar-refractivity contribution in [2.45, 2.75) is 6.54 Å². The van der Waals surface area contributed by atoms with Crippen LogP contribution in [0.5, 0.6) is 0 Å². The van der Waals surface area contributed by atoms with Gasteiger partial charge in [0, 0.05) is 36.6 Å². The van der Waals surface area contributed by atoms with Gasteiger partial charge in [0.1, 0.15) is 17.0 Å². The van der Waals surface area contributed by atoms with Crippen molar-refractivity contribution in [1.82, 2.24) is 14.3 Å². The minimum absolute atomic E-state index is 0.0543. The number of aromatic nitrogens is 2. The van der Waals surface area contributed by atoms with Gasteiger partial charge in [0.05, 0.1) is 0 Å². The Morgan fingerprint density at radius 1 is 1.29 bits per heavy atom. The van der Waals surface area contributed by atoms with E-state index < -0.39 is 17.3 Å². The molecule has 0 saturated heterocycles. The van der Waals surface area contributed by atoms with Crippen LogP contribution in [-0.2, 0) is 6.54 Å². The predicted octanol–water partition coefficient (Wildman–Crippen LogP) is 2.76. The lowest BCUT2D eigenvalue weighted by atomic mass is 10.2. The van der Waals surface area contributed by atoms with Crippen molar-refractivity contribution < 1.29 is 9.18 Å². The summed E-state index contributed by atoms with van der Waals surface area (Å²) < 4.78 is 15.2. The highest BCUT2D eigenvalue weighted by molar-refractivity contribution is 6.31. The Hall–Kier alpha value is -2.73. The number of hydrogen-bond acceptors (Lipinski definition) is 3. The molecule has 122 valence electrons. The Labute approximate surface area is 141 Å². The Morgan fingerprint density at radius 2 is 2.08 bits per heavy atom. The Balaban J connectivity index is 1.94. The SMILES string of the molecule is CN(Cc1c(F)cccc1Cl)C(=O)c1cnc2ccccn2c1=O. The first-order chi connectivity index (χ1) is 11.5. The van der Waals surface area contributed by atoms with Gasteiger partial charge in [-0.25, -0.2) is 9.37 Å². The molecule has 5 nitrogen and oxygen atoms in total. The fraction of sp³-hybridized carbons (Fsp3) is 0.118. The average Bonchev–Trinajstić information content (AvgIpc) is 2.58. The molecule has 3 rings (SSSR count). The zero-order chi connectivity index (χ0) is 17.3. The van der Waals surface area contributed by atoms with Gasteiger partial charge >= 0.3 is 0 Å². The standard InChI is InChI=1S/C17H13ClFN3O2/c1-21(10-12-13(18)5-4-6-14(12)19)16(23)11-9-20-15-7-2-3-8-22(15)17(11)24/h2-9H,10H2,1H3. The summed E-state index contributed by atoms with van der Waals surface area (Å²) >= 11 is 5.98. The van der Waals surface area contributed by atoms with Crippen LogP contribution in [0.3, 0.4) is 0 Å². The zero-order valence-electron chi connectivity index (χ0n) is 12.7. The van der Waals surface area contributed by atoms with E-state index in [0.717, 1.165) is 0 Å². The number of hydrogen-bond donors (Lipinski definition) is 0. The highest BCUT2D eigenvalue weighted by Gasteiger charge is 2.19. The summed E-state index contributed by atoms with van der Waals surface area (Å²) in [4.78, 5) is 30.3. The molecule has 0 bridgehead atoms. The van der Waals surface area contributed by atoms with Gasteiger partial charge in [0.2, 0.25) is 0 Å². The lowest BCUT2D eigenvalue weighted by Gasteiger charge is -2.18. The molecule has 0 atom stereocenters. The molecule has 0 fully saturated rings. The van der Waals surface area contributed by atoms with Crippen LogP contribution >= 0.6 is 11.6 Å². The first kappa shape index (κ1) is 16.1. The van der Waals surface area contributed by atoms with Gasteiger partial charge in [-0.1, -0.05) is 23.7 Å². The number of nitrogens with zero attached hydrogens (tertiary/aromatic N) is 3. The fourth-order valence-electron chi connectivity index (χ4n) is 2.37. The fourth-order valence-corrected chi connectivity index (χ4v) is 2.59. The van der Waals surface area contributed by atoms with Crippen molar-refractivity contribution in [3.63, 3.8) is 0 Å². The van der Waals surface area contributed by atoms with Gasteiger partial charge in [-0.05, 0) is 24.3 Å². The maximum Gasteiger partial charge on any atom is 0.270 e. The molecule has 7 heteroatoms. The largest absolute Gasteiger partial charge is 0.337 e. The van der Waals surface area contributed by atoms with E-state index in [1.807, 2.05) is 0 Å². The molecule has 1 amide bonds. The predicted molar refractivity (Wildman–Crippen MR) is 88.7 cm³/mol. The number of benzene rings is 1. The quantitative estimate of drug-likeness (QED) is 0.733. The lowest BCUT2D eigenvalue weighted by molar-refractivity contribution is 0.0781. The highest BCUT2D eigenvalue weighted by atomic mass is 35.5. The van der Waals surface area contributed by atoms with Gasteiger partial charge in [-0.2, -0.15) is 0 Å². The Bertz CT molecular complexity index is 967. The molecular weight excluding hydrogens is 333 g/mol. The van der Waals surface area contributed by atoms with E-state index in [-0.39, 0.29) is 22.7 Å². The summed E-state index contributed by atoms with van der Waals surface area (Å²) in [6.07, 6.45) is 2.77. The van der Waals surface area contributed by atoms with Crippen molar-refractivity contribution in [2.75, 3.05) is 7.05 Å². The second-order valence-corrected chi connectivity index (χ2v) is 5.67. The van der Waals surface area contributed by atoms with E-state index >= 15 is 0 Å². The van der Waals surface area contributed by atoms with E-state index in [0.29, 0.717) is 5.65 Å². The molecular formula is C17H13ClFN3O2. The Kier molecular flexibility index (Phi) is 4.31. The van der Waals surface area contributed by atoms with Crippen LogP contribution in [-0.4, -0.2) is 27.2 Å². The minimum atomic E-state index is -0.551. The van der Waals surface area contributed by atoms with Gasteiger partial charge in [0.25, 0.3) is 11.5 Å². The normalized spacial score (nSPS) is 10.8. The molecule has 0 N–H and O–H groups in total. The Morgan fingerprint density at radius 3 is 2.83 bits per heavy atom. The van der Waals surface area contributed by atoms with Crippen LogP contribution < -0.4 is 5.56 Å². The second kappa shape index (κ2) is 6.41. The molecule has 0 saturated carbocycles. The second-order valence-electron chi connectivity index (χ2n) is 5.27. The third kappa shape index (κ3) is 2.88. The molecule has 3 aromatic rings. The van der Waals surface area contributed by atoms with Crippen LogP contribution in [0.1, 0.15) is 15.9 Å². The number of amides is 1. The van der Waals surface area contributed by atoms with Crippen molar-refractivity contribution in [3.05, 3.63) is 81.1 Å². The van der Waals surface area contributed by atoms with Crippen LogP contribution in [0.2, 0.25) is 5.02 Å². The molecule has 2 aromatic heterocycles. The van der Waals surface area contributed by atoms with Crippen molar-refractivity contribution in [3.8, 4) is 0 Å². The van der Waals surface area contributed by atoms with Crippen LogP contribution in [0.15, 0.2) is 53.6 Å².